The molecule has 6 nitrogen and oxygen atoms in total. The van der Waals surface area contributed by atoms with E-state index < -0.39 is 5.25 Å². The number of amides is 2. The third-order valence-corrected chi connectivity index (χ3v) is 5.75. The lowest BCUT2D eigenvalue weighted by Crippen LogP contribution is -2.36. The highest BCUT2D eigenvalue weighted by atomic mass is 32.2. The molecule has 1 heterocycles. The number of benzene rings is 2. The van der Waals surface area contributed by atoms with Crippen LogP contribution in [-0.2, 0) is 9.59 Å². The number of aryl methyl sites for hydroxylation is 1. The average molecular weight is 426 g/mol. The third-order valence-electron chi connectivity index (χ3n) is 4.58. The lowest BCUT2D eigenvalue weighted by atomic mass is 10.2. The van der Waals surface area contributed by atoms with Crippen molar-refractivity contribution >= 4 is 40.1 Å². The molecule has 1 atom stereocenters. The molecule has 2 aromatic rings. The summed E-state index contributed by atoms with van der Waals surface area (Å²) < 4.78 is 5.28. The smallest absolute Gasteiger partial charge is 0.242 e. The molecule has 1 saturated heterocycles. The molecule has 1 unspecified atom stereocenters. The van der Waals surface area contributed by atoms with Gasteiger partial charge in [-0.1, -0.05) is 55.4 Å². The molecule has 7 heteroatoms. The fourth-order valence-corrected chi connectivity index (χ4v) is 4.27. The average Bonchev–Trinajstić information content (AvgIpc) is 2.98. The van der Waals surface area contributed by atoms with Crippen molar-refractivity contribution in [1.29, 1.82) is 0 Å². The van der Waals surface area contributed by atoms with E-state index in [9.17, 15) is 9.59 Å². The first-order valence-corrected chi connectivity index (χ1v) is 10.8. The van der Waals surface area contributed by atoms with Crippen LogP contribution in [0.2, 0.25) is 0 Å². The Bertz CT molecular complexity index is 941. The Morgan fingerprint density at radius 2 is 1.90 bits per heavy atom. The van der Waals surface area contributed by atoms with Crippen molar-refractivity contribution in [3.05, 3.63) is 54.1 Å². The number of hydrogen-bond donors (Lipinski definition) is 1. The number of anilines is 1. The number of aliphatic imine (C=N–C) groups is 1. The molecule has 0 bridgehead atoms. The van der Waals surface area contributed by atoms with Gasteiger partial charge in [-0.25, -0.2) is 4.99 Å². The quantitative estimate of drug-likeness (QED) is 0.703. The predicted molar refractivity (Wildman–Crippen MR) is 122 cm³/mol. The van der Waals surface area contributed by atoms with Gasteiger partial charge in [-0.3, -0.25) is 14.5 Å². The highest BCUT2D eigenvalue weighted by Gasteiger charge is 2.39. The zero-order valence-corrected chi connectivity index (χ0v) is 18.5. The number of rotatable bonds is 7. The van der Waals surface area contributed by atoms with Crippen molar-refractivity contribution in [2.75, 3.05) is 19.0 Å². The first-order valence-electron chi connectivity index (χ1n) is 9.93. The van der Waals surface area contributed by atoms with E-state index in [1.54, 1.807) is 24.1 Å². The van der Waals surface area contributed by atoms with Gasteiger partial charge < -0.3 is 10.1 Å². The zero-order valence-electron chi connectivity index (χ0n) is 17.7. The van der Waals surface area contributed by atoms with Crippen molar-refractivity contribution in [3.63, 3.8) is 0 Å². The summed E-state index contributed by atoms with van der Waals surface area (Å²) in [6, 6.07) is 15.1. The van der Waals surface area contributed by atoms with Gasteiger partial charge >= 0.3 is 0 Å². The molecule has 0 spiro atoms. The fraction of sp³-hybridized carbons (Fsp3) is 0.348. The molecule has 3 rings (SSSR count). The molecule has 1 aliphatic rings. The van der Waals surface area contributed by atoms with Gasteiger partial charge in [0, 0.05) is 13.0 Å². The molecule has 2 amide bonds. The lowest BCUT2D eigenvalue weighted by molar-refractivity contribution is -0.128. The van der Waals surface area contributed by atoms with Gasteiger partial charge in [0.25, 0.3) is 0 Å². The SMILES string of the molecule is COc1ccccc1NC(=O)CC1SC(=Nc2ccc(C)cc2)N(CC(C)C)C1=O. The summed E-state index contributed by atoms with van der Waals surface area (Å²) in [5, 5.41) is 3.00. The van der Waals surface area contributed by atoms with Crippen LogP contribution in [0.25, 0.3) is 0 Å². The molecular weight excluding hydrogens is 398 g/mol. The van der Waals surface area contributed by atoms with Crippen LogP contribution in [0, 0.1) is 12.8 Å². The van der Waals surface area contributed by atoms with E-state index in [1.165, 1.54) is 11.8 Å². The van der Waals surface area contributed by atoms with E-state index in [0.29, 0.717) is 29.1 Å². The van der Waals surface area contributed by atoms with Gasteiger partial charge in [-0.2, -0.15) is 0 Å². The molecule has 1 N–H and O–H groups in total. The van der Waals surface area contributed by atoms with E-state index >= 15 is 0 Å². The molecule has 0 aliphatic carbocycles. The van der Waals surface area contributed by atoms with Crippen LogP contribution in [0.1, 0.15) is 25.8 Å². The summed E-state index contributed by atoms with van der Waals surface area (Å²) >= 11 is 1.35. The Labute approximate surface area is 181 Å². The number of amidine groups is 1. The summed E-state index contributed by atoms with van der Waals surface area (Å²) in [6.07, 6.45) is 0.0725. The molecule has 1 aliphatic heterocycles. The van der Waals surface area contributed by atoms with Crippen molar-refractivity contribution in [3.8, 4) is 5.75 Å². The number of nitrogens with one attached hydrogen (secondary N) is 1. The van der Waals surface area contributed by atoms with Crippen LogP contribution in [0.15, 0.2) is 53.5 Å². The van der Waals surface area contributed by atoms with E-state index in [2.05, 4.69) is 24.2 Å². The molecule has 30 heavy (non-hydrogen) atoms. The number of hydrogen-bond acceptors (Lipinski definition) is 5. The minimum absolute atomic E-state index is 0.0725. The molecule has 2 aromatic carbocycles. The number of thioether (sulfide) groups is 1. The second-order valence-corrected chi connectivity index (χ2v) is 8.80. The second-order valence-electron chi connectivity index (χ2n) is 7.63. The Morgan fingerprint density at radius 1 is 1.20 bits per heavy atom. The lowest BCUT2D eigenvalue weighted by Gasteiger charge is -2.18. The summed E-state index contributed by atoms with van der Waals surface area (Å²) in [5.74, 6) is 0.569. The van der Waals surface area contributed by atoms with E-state index in [4.69, 9.17) is 4.74 Å². The number of para-hydroxylation sites is 2. The third kappa shape index (κ3) is 5.42. The van der Waals surface area contributed by atoms with Crippen molar-refractivity contribution < 1.29 is 14.3 Å². The largest absolute Gasteiger partial charge is 0.495 e. The predicted octanol–water partition coefficient (Wildman–Crippen LogP) is 4.62. The van der Waals surface area contributed by atoms with E-state index in [1.807, 2.05) is 43.3 Å². The Hall–Kier alpha value is -2.80. The molecule has 0 aromatic heterocycles. The van der Waals surface area contributed by atoms with Gasteiger partial charge in [0.1, 0.15) is 11.0 Å². The van der Waals surface area contributed by atoms with E-state index in [0.717, 1.165) is 11.3 Å². The zero-order chi connectivity index (χ0) is 21.7. The molecule has 0 saturated carbocycles. The van der Waals surface area contributed by atoms with E-state index in [-0.39, 0.29) is 18.2 Å². The Kier molecular flexibility index (Phi) is 7.15. The molecule has 0 radical (unpaired) electrons. The number of methoxy groups -OCH3 is 1. The number of carbonyl (C=O) groups is 2. The number of carbonyl (C=O) groups excluding carboxylic acids is 2. The summed E-state index contributed by atoms with van der Waals surface area (Å²) in [5.41, 5.74) is 2.54. The van der Waals surface area contributed by atoms with Crippen LogP contribution in [-0.4, -0.2) is 40.8 Å². The van der Waals surface area contributed by atoms with Crippen molar-refractivity contribution in [2.24, 2.45) is 10.9 Å². The van der Waals surface area contributed by atoms with Crippen LogP contribution >= 0.6 is 11.8 Å². The fourth-order valence-electron chi connectivity index (χ4n) is 3.11. The maximum absolute atomic E-state index is 13.0. The first kappa shape index (κ1) is 21.9. The van der Waals surface area contributed by atoms with Crippen LogP contribution in [0.3, 0.4) is 0 Å². The van der Waals surface area contributed by atoms with Gasteiger partial charge in [0.15, 0.2) is 5.17 Å². The van der Waals surface area contributed by atoms with Crippen molar-refractivity contribution in [2.45, 2.75) is 32.4 Å². The second kappa shape index (κ2) is 9.80. The minimum Gasteiger partial charge on any atom is -0.495 e. The van der Waals surface area contributed by atoms with Crippen molar-refractivity contribution in [1.82, 2.24) is 4.90 Å². The highest BCUT2D eigenvalue weighted by Crippen LogP contribution is 2.33. The maximum atomic E-state index is 13.0. The standard InChI is InChI=1S/C23H27N3O3S/c1-15(2)14-26-22(28)20(30-23(26)24-17-11-9-16(3)10-12-17)13-21(27)25-18-7-5-6-8-19(18)29-4/h5-12,15,20H,13-14H2,1-4H3,(H,25,27). The van der Waals surface area contributed by atoms with Crippen LogP contribution in [0.5, 0.6) is 5.75 Å². The van der Waals surface area contributed by atoms with Gasteiger partial charge in [0.05, 0.1) is 18.5 Å². The normalized spacial score (nSPS) is 17.6. The van der Waals surface area contributed by atoms with Gasteiger partial charge in [-0.05, 0) is 37.1 Å². The maximum Gasteiger partial charge on any atom is 0.242 e. The summed E-state index contributed by atoms with van der Waals surface area (Å²) in [7, 11) is 1.55. The van der Waals surface area contributed by atoms with Gasteiger partial charge in [0.2, 0.25) is 11.8 Å². The first-order chi connectivity index (χ1) is 14.4. The molecular formula is C23H27N3O3S. The Balaban J connectivity index is 1.75. The topological polar surface area (TPSA) is 71.0 Å². The monoisotopic (exact) mass is 425 g/mol. The van der Waals surface area contributed by atoms with Gasteiger partial charge in [-0.15, -0.1) is 0 Å². The molecule has 1 fully saturated rings. The highest BCUT2D eigenvalue weighted by molar-refractivity contribution is 8.15. The minimum atomic E-state index is -0.498. The summed E-state index contributed by atoms with van der Waals surface area (Å²) in [4.78, 5) is 32.0. The Morgan fingerprint density at radius 3 is 2.57 bits per heavy atom. The van der Waals surface area contributed by atoms with Crippen LogP contribution in [0.4, 0.5) is 11.4 Å². The van der Waals surface area contributed by atoms with Crippen LogP contribution < -0.4 is 10.1 Å². The summed E-state index contributed by atoms with van der Waals surface area (Å²) in [6.45, 7) is 6.71. The number of ether oxygens (including phenoxy) is 1. The number of nitrogens with zero attached hydrogens (tertiary/aromatic N) is 2. The molecule has 158 valence electrons.